The van der Waals surface area contributed by atoms with E-state index in [0.717, 1.165) is 27.9 Å². The zero-order valence-electron chi connectivity index (χ0n) is 15.8. The highest BCUT2D eigenvalue weighted by Crippen LogP contribution is 2.30. The average Bonchev–Trinajstić information content (AvgIpc) is 3.14. The molecule has 0 unspecified atom stereocenters. The molecule has 2 heterocycles. The summed E-state index contributed by atoms with van der Waals surface area (Å²) < 4.78 is 15.1. The predicted molar refractivity (Wildman–Crippen MR) is 109 cm³/mol. The summed E-state index contributed by atoms with van der Waals surface area (Å²) in [6.07, 6.45) is 5.48. The normalized spacial score (nSPS) is 10.7. The third kappa shape index (κ3) is 4.21. The Kier molecular flexibility index (Phi) is 5.16. The molecule has 144 valence electrons. The van der Waals surface area contributed by atoms with E-state index < -0.39 is 5.82 Å². The maximum atomic E-state index is 13.3. The van der Waals surface area contributed by atoms with E-state index in [-0.39, 0.29) is 5.91 Å². The van der Waals surface area contributed by atoms with Crippen LogP contribution in [-0.4, -0.2) is 20.7 Å². The fraction of sp³-hybridized carbons (Fsp3) is 0.0870. The Labute approximate surface area is 167 Å². The highest BCUT2D eigenvalue weighted by atomic mass is 19.1. The topological polar surface area (TPSA) is 59.8 Å². The fourth-order valence-electron chi connectivity index (χ4n) is 3.19. The van der Waals surface area contributed by atoms with Gasteiger partial charge in [-0.05, 0) is 47.5 Å². The van der Waals surface area contributed by atoms with E-state index in [1.807, 2.05) is 49.6 Å². The van der Waals surface area contributed by atoms with Gasteiger partial charge >= 0.3 is 0 Å². The number of carbonyl (C=O) groups is 1. The van der Waals surface area contributed by atoms with Gasteiger partial charge in [0.25, 0.3) is 5.91 Å². The van der Waals surface area contributed by atoms with Crippen LogP contribution in [0.3, 0.4) is 0 Å². The number of amides is 1. The van der Waals surface area contributed by atoms with Gasteiger partial charge in [0.15, 0.2) is 0 Å². The van der Waals surface area contributed by atoms with Gasteiger partial charge in [-0.2, -0.15) is 5.10 Å². The van der Waals surface area contributed by atoms with Gasteiger partial charge in [0.05, 0.1) is 0 Å². The van der Waals surface area contributed by atoms with Crippen molar-refractivity contribution in [1.29, 1.82) is 0 Å². The molecular formula is C23H19FN4O. The largest absolute Gasteiger partial charge is 0.348 e. The molecular weight excluding hydrogens is 367 g/mol. The van der Waals surface area contributed by atoms with Crippen molar-refractivity contribution in [2.75, 3.05) is 0 Å². The summed E-state index contributed by atoms with van der Waals surface area (Å²) in [6, 6.07) is 17.4. The number of hydrogen-bond acceptors (Lipinski definition) is 3. The molecule has 1 amide bonds. The molecule has 0 radical (unpaired) electrons. The first-order valence-electron chi connectivity index (χ1n) is 9.17. The van der Waals surface area contributed by atoms with Gasteiger partial charge < -0.3 is 5.32 Å². The number of aryl methyl sites for hydroxylation is 1. The maximum absolute atomic E-state index is 13.3. The molecule has 0 atom stereocenters. The smallest absolute Gasteiger partial charge is 0.251 e. The molecule has 0 bridgehead atoms. The van der Waals surface area contributed by atoms with E-state index in [4.69, 9.17) is 0 Å². The minimum atomic E-state index is -0.432. The number of nitrogens with zero attached hydrogens (tertiary/aromatic N) is 3. The van der Waals surface area contributed by atoms with Crippen LogP contribution >= 0.6 is 0 Å². The van der Waals surface area contributed by atoms with Crippen LogP contribution in [0.2, 0.25) is 0 Å². The minimum absolute atomic E-state index is 0.297. The van der Waals surface area contributed by atoms with E-state index in [0.29, 0.717) is 12.1 Å². The van der Waals surface area contributed by atoms with Crippen molar-refractivity contribution < 1.29 is 9.18 Å². The molecule has 0 saturated carbocycles. The third-order valence-electron chi connectivity index (χ3n) is 4.56. The Hall–Kier alpha value is -3.80. The van der Waals surface area contributed by atoms with Crippen LogP contribution in [-0.2, 0) is 13.6 Å². The number of carbonyl (C=O) groups excluding carboxylic acids is 1. The molecule has 0 aliphatic heterocycles. The first-order chi connectivity index (χ1) is 14.1. The zero-order valence-corrected chi connectivity index (χ0v) is 15.8. The molecule has 6 heteroatoms. The first-order valence-corrected chi connectivity index (χ1v) is 9.17. The number of nitrogens with one attached hydrogen (secondary N) is 1. The first kappa shape index (κ1) is 18.6. The summed E-state index contributed by atoms with van der Waals surface area (Å²) in [5.41, 5.74) is 5.08. The van der Waals surface area contributed by atoms with Crippen LogP contribution in [0.15, 0.2) is 79.3 Å². The molecule has 2 aromatic carbocycles. The average molecular weight is 386 g/mol. The maximum Gasteiger partial charge on any atom is 0.251 e. The summed E-state index contributed by atoms with van der Waals surface area (Å²) in [6.45, 7) is 0.334. The van der Waals surface area contributed by atoms with Gasteiger partial charge in [-0.3, -0.25) is 14.5 Å². The Morgan fingerprint density at radius 1 is 1.03 bits per heavy atom. The number of pyridine rings is 1. The summed E-state index contributed by atoms with van der Waals surface area (Å²) >= 11 is 0. The van der Waals surface area contributed by atoms with E-state index in [1.54, 1.807) is 23.1 Å². The number of aromatic nitrogens is 3. The molecule has 0 saturated heterocycles. The Morgan fingerprint density at radius 3 is 2.62 bits per heavy atom. The van der Waals surface area contributed by atoms with Gasteiger partial charge in [0.1, 0.15) is 11.5 Å². The van der Waals surface area contributed by atoms with Gasteiger partial charge in [-0.1, -0.05) is 24.3 Å². The highest BCUT2D eigenvalue weighted by Gasteiger charge is 2.13. The van der Waals surface area contributed by atoms with Crippen molar-refractivity contribution >= 4 is 5.91 Å². The second kappa shape index (κ2) is 8.06. The standard InChI is InChI=1S/C23H19FN4O/c1-28-15-21(17-8-10-25-11-9-17)22(27-28)18-5-2-4-16(12-18)14-26-23(29)19-6-3-7-20(24)13-19/h2-13,15H,14H2,1H3,(H,26,29). The van der Waals surface area contributed by atoms with Crippen molar-refractivity contribution in [3.63, 3.8) is 0 Å². The van der Waals surface area contributed by atoms with Crippen molar-refractivity contribution in [2.45, 2.75) is 6.54 Å². The number of hydrogen-bond donors (Lipinski definition) is 1. The molecule has 4 rings (SSSR count). The Bertz CT molecular complexity index is 1150. The predicted octanol–water partition coefficient (Wildman–Crippen LogP) is 4.22. The molecule has 5 nitrogen and oxygen atoms in total. The zero-order chi connectivity index (χ0) is 20.2. The van der Waals surface area contributed by atoms with Crippen molar-refractivity contribution in [1.82, 2.24) is 20.1 Å². The SMILES string of the molecule is Cn1cc(-c2ccncc2)c(-c2cccc(CNC(=O)c3cccc(F)c3)c2)n1. The lowest BCUT2D eigenvalue weighted by atomic mass is 10.0. The highest BCUT2D eigenvalue weighted by molar-refractivity contribution is 5.94. The van der Waals surface area contributed by atoms with Crippen LogP contribution in [0.5, 0.6) is 0 Å². The van der Waals surface area contributed by atoms with Crippen molar-refractivity contribution in [3.8, 4) is 22.4 Å². The number of benzene rings is 2. The monoisotopic (exact) mass is 386 g/mol. The second-order valence-corrected chi connectivity index (χ2v) is 6.69. The van der Waals surface area contributed by atoms with Crippen LogP contribution in [0.4, 0.5) is 4.39 Å². The summed E-state index contributed by atoms with van der Waals surface area (Å²) in [5, 5.41) is 7.45. The van der Waals surface area contributed by atoms with Crippen molar-refractivity contribution in [2.24, 2.45) is 7.05 Å². The van der Waals surface area contributed by atoms with Crippen LogP contribution in [0.25, 0.3) is 22.4 Å². The number of rotatable bonds is 5. The third-order valence-corrected chi connectivity index (χ3v) is 4.56. The molecule has 0 aliphatic rings. The van der Waals surface area contributed by atoms with Crippen molar-refractivity contribution in [3.05, 3.63) is 96.2 Å². The van der Waals surface area contributed by atoms with Gasteiger partial charge in [-0.15, -0.1) is 0 Å². The minimum Gasteiger partial charge on any atom is -0.348 e. The summed E-state index contributed by atoms with van der Waals surface area (Å²) in [4.78, 5) is 16.3. The molecule has 4 aromatic rings. The molecule has 1 N–H and O–H groups in total. The quantitative estimate of drug-likeness (QED) is 0.559. The van der Waals surface area contributed by atoms with E-state index >= 15 is 0 Å². The lowest BCUT2D eigenvalue weighted by molar-refractivity contribution is 0.0950. The van der Waals surface area contributed by atoms with Crippen LogP contribution < -0.4 is 5.32 Å². The van der Waals surface area contributed by atoms with Gasteiger partial charge in [-0.25, -0.2) is 4.39 Å². The Balaban J connectivity index is 1.56. The van der Waals surface area contributed by atoms with Gasteiger partial charge in [0.2, 0.25) is 0 Å². The number of halogens is 1. The van der Waals surface area contributed by atoms with E-state index in [9.17, 15) is 9.18 Å². The summed E-state index contributed by atoms with van der Waals surface area (Å²) in [7, 11) is 1.89. The molecule has 2 aromatic heterocycles. The molecule has 29 heavy (non-hydrogen) atoms. The molecule has 0 spiro atoms. The fourth-order valence-corrected chi connectivity index (χ4v) is 3.19. The van der Waals surface area contributed by atoms with Crippen LogP contribution in [0.1, 0.15) is 15.9 Å². The second-order valence-electron chi connectivity index (χ2n) is 6.69. The lowest BCUT2D eigenvalue weighted by Crippen LogP contribution is -2.22. The van der Waals surface area contributed by atoms with E-state index in [1.165, 1.54) is 18.2 Å². The summed E-state index contributed by atoms with van der Waals surface area (Å²) in [5.74, 6) is -0.747. The molecule has 0 aliphatic carbocycles. The lowest BCUT2D eigenvalue weighted by Gasteiger charge is -2.08. The Morgan fingerprint density at radius 2 is 1.83 bits per heavy atom. The van der Waals surface area contributed by atoms with Gasteiger partial charge in [0, 0.05) is 48.9 Å². The van der Waals surface area contributed by atoms with E-state index in [2.05, 4.69) is 15.4 Å². The van der Waals surface area contributed by atoms with Crippen LogP contribution in [0, 0.1) is 5.82 Å². The molecule has 0 fully saturated rings.